The summed E-state index contributed by atoms with van der Waals surface area (Å²) in [5.74, 6) is -0.0297. The van der Waals surface area contributed by atoms with Crippen LogP contribution in [0.3, 0.4) is 0 Å². The van der Waals surface area contributed by atoms with Gasteiger partial charge in [0.25, 0.3) is 5.56 Å². The number of nitro groups is 1. The Morgan fingerprint density at radius 3 is 2.76 bits per heavy atom. The fraction of sp³-hybridized carbons (Fsp3) is 0.0909. The second kappa shape index (κ2) is 5.67. The van der Waals surface area contributed by atoms with E-state index >= 15 is 0 Å². The summed E-state index contributed by atoms with van der Waals surface area (Å²) < 4.78 is 1.33. The third-order valence-electron chi connectivity index (χ3n) is 2.37. The van der Waals surface area contributed by atoms with Gasteiger partial charge >= 0.3 is 0 Å². The molecule has 21 heavy (non-hydrogen) atoms. The smallest absolute Gasteiger partial charge is 0.293 e. The van der Waals surface area contributed by atoms with Crippen LogP contribution in [0.5, 0.6) is 0 Å². The number of benzene rings is 1. The van der Waals surface area contributed by atoms with Gasteiger partial charge in [-0.05, 0) is 18.2 Å². The number of halogens is 1. The lowest BCUT2D eigenvalue weighted by atomic mass is 10.3. The molecule has 0 bridgehead atoms. The lowest BCUT2D eigenvalue weighted by Crippen LogP contribution is -2.11. The Balaban J connectivity index is 0.000000361. The van der Waals surface area contributed by atoms with Crippen molar-refractivity contribution in [1.29, 1.82) is 0 Å². The maximum absolute atomic E-state index is 11.7. The fourth-order valence-corrected chi connectivity index (χ4v) is 1.84. The Hall–Kier alpha value is -2.81. The average Bonchev–Trinajstić information content (AvgIpc) is 2.82. The number of carbonyl (C=O) groups excluding carboxylic acids is 1. The van der Waals surface area contributed by atoms with Gasteiger partial charge in [0, 0.05) is 9.95 Å². The summed E-state index contributed by atoms with van der Waals surface area (Å²) in [6.45, 7) is 0. The van der Waals surface area contributed by atoms with Crippen molar-refractivity contribution in [2.45, 2.75) is 0 Å². The van der Waals surface area contributed by atoms with Crippen LogP contribution in [0.1, 0.15) is 10.6 Å². The molecule has 0 amide bonds. The van der Waals surface area contributed by atoms with E-state index in [1.54, 1.807) is 18.2 Å². The van der Waals surface area contributed by atoms with Gasteiger partial charge in [-0.25, -0.2) is 4.52 Å². The second-order valence-corrected chi connectivity index (χ2v) is 4.31. The molecular formula is C11H8ClN5O4. The van der Waals surface area contributed by atoms with Crippen molar-refractivity contribution in [2.75, 3.05) is 7.05 Å². The van der Waals surface area contributed by atoms with E-state index in [2.05, 4.69) is 15.1 Å². The van der Waals surface area contributed by atoms with E-state index in [4.69, 9.17) is 21.7 Å². The van der Waals surface area contributed by atoms with Gasteiger partial charge in [0.1, 0.15) is 0 Å². The Bertz CT molecular complexity index is 897. The third kappa shape index (κ3) is 3.03. The zero-order valence-corrected chi connectivity index (χ0v) is 11.4. The molecule has 0 spiro atoms. The number of hydrogen-bond donors (Lipinski definition) is 1. The van der Waals surface area contributed by atoms with Crippen molar-refractivity contribution in [3.05, 3.63) is 49.5 Å². The minimum absolute atomic E-state index is 0.0297. The maximum atomic E-state index is 11.7. The molecule has 0 fully saturated rings. The molecule has 10 heteroatoms. The van der Waals surface area contributed by atoms with Gasteiger partial charge in [0.15, 0.2) is 13.3 Å². The quantitative estimate of drug-likeness (QED) is 0.405. The number of carbonyl (C=O) groups is 1. The number of rotatable bonds is 1. The molecular weight excluding hydrogens is 302 g/mol. The summed E-state index contributed by atoms with van der Waals surface area (Å²) >= 11 is 5.83. The van der Waals surface area contributed by atoms with E-state index in [9.17, 15) is 9.59 Å². The monoisotopic (exact) mass is 309 g/mol. The van der Waals surface area contributed by atoms with Gasteiger partial charge < -0.3 is 4.98 Å². The minimum atomic E-state index is -0.500. The zero-order chi connectivity index (χ0) is 15.6. The first-order valence-electron chi connectivity index (χ1n) is 5.54. The second-order valence-electron chi connectivity index (χ2n) is 3.88. The molecule has 1 aromatic carbocycles. The Labute approximate surface area is 121 Å². The average molecular weight is 310 g/mol. The van der Waals surface area contributed by atoms with Crippen LogP contribution in [-0.4, -0.2) is 37.8 Å². The van der Waals surface area contributed by atoms with Gasteiger partial charge in [-0.2, -0.15) is 4.98 Å². The number of hydrogen-bond acceptors (Lipinski definition) is 6. The highest BCUT2D eigenvalue weighted by Gasteiger charge is 2.10. The highest BCUT2D eigenvalue weighted by molar-refractivity contribution is 6.31. The number of nitrogens with one attached hydrogen (secondary N) is 1. The Kier molecular flexibility index (Phi) is 3.94. The number of aromatic nitrogens is 4. The zero-order valence-electron chi connectivity index (χ0n) is 10.6. The normalized spacial score (nSPS) is 10.2. The Morgan fingerprint density at radius 1 is 1.48 bits per heavy atom. The standard InChI is InChI=1S/C10H5ClN4O2.CH3NO2/c11-5-1-2-7-6(3-5)12-10(17)9-13-8(4-16)14-15(7)9;1-2(3)4/h1-4H,(H,12,17);1H3. The molecule has 0 aliphatic rings. The molecule has 1 N–H and O–H groups in total. The van der Waals surface area contributed by atoms with Crippen molar-refractivity contribution in [2.24, 2.45) is 0 Å². The van der Waals surface area contributed by atoms with E-state index in [1.165, 1.54) is 4.52 Å². The first kappa shape index (κ1) is 14.6. The molecule has 3 aromatic rings. The molecule has 0 saturated heterocycles. The highest BCUT2D eigenvalue weighted by atomic mass is 35.5. The molecule has 0 aliphatic carbocycles. The largest absolute Gasteiger partial charge is 0.317 e. The van der Waals surface area contributed by atoms with E-state index in [0.29, 0.717) is 22.3 Å². The molecule has 3 rings (SSSR count). The summed E-state index contributed by atoms with van der Waals surface area (Å²) in [5.41, 5.74) is 0.837. The minimum Gasteiger partial charge on any atom is -0.317 e. The van der Waals surface area contributed by atoms with E-state index in [-0.39, 0.29) is 11.5 Å². The van der Waals surface area contributed by atoms with Gasteiger partial charge in [-0.3, -0.25) is 19.7 Å². The van der Waals surface area contributed by atoms with Crippen LogP contribution in [0.25, 0.3) is 16.7 Å². The molecule has 9 nitrogen and oxygen atoms in total. The number of H-pyrrole nitrogens is 1. The van der Waals surface area contributed by atoms with Crippen LogP contribution in [0.2, 0.25) is 5.02 Å². The summed E-state index contributed by atoms with van der Waals surface area (Å²) in [6.07, 6.45) is 0.494. The SMILES string of the molecule is C[N+](=O)[O-].O=Cc1nc2c(=O)[nH]c3cc(Cl)ccc3n2n1. The predicted octanol–water partition coefficient (Wildman–Crippen LogP) is 0.930. The number of aldehydes is 1. The maximum Gasteiger partial charge on any atom is 0.293 e. The molecule has 0 unspecified atom stereocenters. The lowest BCUT2D eigenvalue weighted by molar-refractivity contribution is -0.445. The summed E-state index contributed by atoms with van der Waals surface area (Å²) in [6, 6.07) is 4.98. The summed E-state index contributed by atoms with van der Waals surface area (Å²) in [4.78, 5) is 37.0. The third-order valence-corrected chi connectivity index (χ3v) is 2.60. The van der Waals surface area contributed by atoms with Gasteiger partial charge in [-0.1, -0.05) is 11.6 Å². The molecule has 2 aromatic heterocycles. The van der Waals surface area contributed by atoms with Crippen molar-refractivity contribution < 1.29 is 9.72 Å². The van der Waals surface area contributed by atoms with Crippen LogP contribution < -0.4 is 5.56 Å². The Morgan fingerprint density at radius 2 is 2.14 bits per heavy atom. The first-order valence-corrected chi connectivity index (χ1v) is 5.91. The van der Waals surface area contributed by atoms with Crippen molar-refractivity contribution >= 4 is 34.6 Å². The summed E-state index contributed by atoms with van der Waals surface area (Å²) in [5, 5.41) is 13.2. The molecule has 2 heterocycles. The lowest BCUT2D eigenvalue weighted by Gasteiger charge is -2.00. The van der Waals surface area contributed by atoms with E-state index in [1.807, 2.05) is 0 Å². The fourth-order valence-electron chi connectivity index (χ4n) is 1.66. The molecule has 0 saturated carbocycles. The van der Waals surface area contributed by atoms with E-state index in [0.717, 1.165) is 7.05 Å². The number of fused-ring (bicyclic) bond motifs is 3. The van der Waals surface area contributed by atoms with Crippen molar-refractivity contribution in [3.63, 3.8) is 0 Å². The van der Waals surface area contributed by atoms with Gasteiger partial charge in [-0.15, -0.1) is 5.10 Å². The van der Waals surface area contributed by atoms with Crippen LogP contribution >= 0.6 is 11.6 Å². The summed E-state index contributed by atoms with van der Waals surface area (Å²) in [7, 11) is 0.889. The highest BCUT2D eigenvalue weighted by Crippen LogP contribution is 2.16. The topological polar surface area (TPSA) is 123 Å². The molecule has 108 valence electrons. The number of nitrogens with zero attached hydrogens (tertiary/aromatic N) is 4. The molecule has 0 radical (unpaired) electrons. The number of aromatic amines is 1. The van der Waals surface area contributed by atoms with Crippen molar-refractivity contribution in [3.8, 4) is 0 Å². The van der Waals surface area contributed by atoms with Crippen LogP contribution in [0.15, 0.2) is 23.0 Å². The molecule has 0 atom stereocenters. The van der Waals surface area contributed by atoms with Gasteiger partial charge in [0.2, 0.25) is 11.5 Å². The predicted molar refractivity (Wildman–Crippen MR) is 74.4 cm³/mol. The van der Waals surface area contributed by atoms with Gasteiger partial charge in [0.05, 0.1) is 11.0 Å². The van der Waals surface area contributed by atoms with E-state index < -0.39 is 10.5 Å². The van der Waals surface area contributed by atoms with Crippen LogP contribution in [0.4, 0.5) is 0 Å². The molecule has 0 aliphatic heterocycles. The first-order chi connectivity index (χ1) is 9.92. The van der Waals surface area contributed by atoms with Crippen molar-refractivity contribution in [1.82, 2.24) is 19.6 Å². The van der Waals surface area contributed by atoms with Crippen LogP contribution in [-0.2, 0) is 0 Å². The van der Waals surface area contributed by atoms with Crippen LogP contribution in [0, 0.1) is 10.1 Å².